The fourth-order valence-corrected chi connectivity index (χ4v) is 2.00. The van der Waals surface area contributed by atoms with E-state index in [1.807, 2.05) is 0 Å². The van der Waals surface area contributed by atoms with E-state index in [9.17, 15) is 9.36 Å². The van der Waals surface area contributed by atoms with Crippen LogP contribution in [0.25, 0.3) is 0 Å². The average Bonchev–Trinajstić information content (AvgIpc) is 2.75. The van der Waals surface area contributed by atoms with Crippen molar-refractivity contribution < 1.29 is 13.8 Å². The molecule has 8 heteroatoms. The monoisotopic (exact) mass is 257 g/mol. The van der Waals surface area contributed by atoms with Crippen molar-refractivity contribution in [2.24, 2.45) is 0 Å². The molecule has 2 N–H and O–H groups in total. The molecule has 0 bridgehead atoms. The summed E-state index contributed by atoms with van der Waals surface area (Å²) >= 11 is 0. The number of anilines is 1. The topological polar surface area (TPSA) is 96.4 Å². The molecule has 1 saturated heterocycles. The minimum absolute atomic E-state index is 0.147. The molecule has 1 fully saturated rings. The first-order valence-electron chi connectivity index (χ1n) is 5.15. The summed E-state index contributed by atoms with van der Waals surface area (Å²) in [7, 11) is -0.363. The molecule has 0 aromatic carbocycles. The van der Waals surface area contributed by atoms with Gasteiger partial charge in [-0.15, -0.1) is 0 Å². The van der Waals surface area contributed by atoms with Crippen LogP contribution in [0.3, 0.4) is 0 Å². The highest BCUT2D eigenvalue weighted by molar-refractivity contribution is 7.17. The lowest BCUT2D eigenvalue weighted by atomic mass is 10.2. The van der Waals surface area contributed by atoms with Crippen molar-refractivity contribution in [1.29, 1.82) is 0 Å². The van der Waals surface area contributed by atoms with E-state index in [2.05, 4.69) is 4.98 Å². The van der Waals surface area contributed by atoms with E-state index < -0.39 is 5.69 Å². The van der Waals surface area contributed by atoms with Crippen LogP contribution in [0.15, 0.2) is 17.1 Å². The molecule has 1 aliphatic rings. The number of nitrogens with zero attached hydrogens (tertiary/aromatic N) is 2. The molecule has 0 radical (unpaired) electrons. The third-order valence-corrected chi connectivity index (χ3v) is 2.81. The van der Waals surface area contributed by atoms with E-state index in [4.69, 9.17) is 15.0 Å². The Morgan fingerprint density at radius 3 is 3.18 bits per heavy atom. The Morgan fingerprint density at radius 2 is 2.47 bits per heavy atom. The minimum atomic E-state index is -0.432. The highest BCUT2D eigenvalue weighted by atomic mass is 31.1. The Bertz CT molecular complexity index is 464. The van der Waals surface area contributed by atoms with Crippen LogP contribution in [0.5, 0.6) is 0 Å². The molecular weight excluding hydrogens is 245 g/mol. The lowest BCUT2D eigenvalue weighted by molar-refractivity contribution is -0.0180. The summed E-state index contributed by atoms with van der Waals surface area (Å²) in [6, 6.07) is 1.55. The van der Waals surface area contributed by atoms with Gasteiger partial charge in [0.05, 0.1) is 12.7 Å². The van der Waals surface area contributed by atoms with Crippen LogP contribution >= 0.6 is 8.69 Å². The number of ether oxygens (including phenoxy) is 1. The van der Waals surface area contributed by atoms with Gasteiger partial charge in [0.25, 0.3) is 0 Å². The van der Waals surface area contributed by atoms with Crippen LogP contribution in [0.4, 0.5) is 5.82 Å². The smallest absolute Gasteiger partial charge is 0.351 e. The molecule has 1 aliphatic heterocycles. The summed E-state index contributed by atoms with van der Waals surface area (Å²) in [6.07, 6.45) is 2.50. The quantitative estimate of drug-likeness (QED) is 0.798. The minimum Gasteiger partial charge on any atom is -0.383 e. The Kier molecular flexibility index (Phi) is 3.83. The first-order chi connectivity index (χ1) is 8.20. The molecule has 92 valence electrons. The second-order valence-corrected chi connectivity index (χ2v) is 4.11. The van der Waals surface area contributed by atoms with Gasteiger partial charge in [0.2, 0.25) is 0 Å². The third-order valence-electron chi connectivity index (χ3n) is 2.56. The molecular formula is C9H12N3O4P. The number of hydrogen-bond acceptors (Lipinski definition) is 6. The van der Waals surface area contributed by atoms with Gasteiger partial charge in [-0.1, -0.05) is 0 Å². The van der Waals surface area contributed by atoms with E-state index >= 15 is 0 Å². The van der Waals surface area contributed by atoms with Crippen molar-refractivity contribution in [2.75, 3.05) is 12.3 Å². The van der Waals surface area contributed by atoms with Gasteiger partial charge in [-0.3, -0.25) is 9.09 Å². The van der Waals surface area contributed by atoms with E-state index in [1.165, 1.54) is 4.57 Å². The highest BCUT2D eigenvalue weighted by Gasteiger charge is 2.27. The van der Waals surface area contributed by atoms with Crippen LogP contribution in [-0.4, -0.2) is 22.3 Å². The van der Waals surface area contributed by atoms with E-state index in [0.29, 0.717) is 6.42 Å². The zero-order valence-corrected chi connectivity index (χ0v) is 9.88. The molecule has 0 saturated carbocycles. The fraction of sp³-hybridized carbons (Fsp3) is 0.556. The molecule has 17 heavy (non-hydrogen) atoms. The van der Waals surface area contributed by atoms with Gasteiger partial charge in [-0.25, -0.2) is 9.36 Å². The zero-order valence-electron chi connectivity index (χ0n) is 8.98. The van der Waals surface area contributed by atoms with E-state index in [0.717, 1.165) is 6.42 Å². The van der Waals surface area contributed by atoms with Gasteiger partial charge in [0.1, 0.15) is 12.0 Å². The Hall–Kier alpha value is -1.30. The summed E-state index contributed by atoms with van der Waals surface area (Å²) < 4.78 is 21.8. The molecule has 0 aliphatic carbocycles. The maximum absolute atomic E-state index is 11.6. The number of hydrogen-bond donors (Lipinski definition) is 1. The van der Waals surface area contributed by atoms with Crippen LogP contribution < -0.4 is 11.4 Å². The third kappa shape index (κ3) is 2.88. The molecule has 2 atom stereocenters. The maximum atomic E-state index is 11.6. The van der Waals surface area contributed by atoms with Crippen LogP contribution in [0, 0.1) is 0 Å². The second-order valence-electron chi connectivity index (χ2n) is 3.70. The Labute approximate surface area is 98.8 Å². The summed E-state index contributed by atoms with van der Waals surface area (Å²) in [5.41, 5.74) is 4.97. The molecule has 0 spiro atoms. The maximum Gasteiger partial charge on any atom is 0.351 e. The highest BCUT2D eigenvalue weighted by Crippen LogP contribution is 2.27. The predicted molar refractivity (Wildman–Crippen MR) is 59.6 cm³/mol. The first kappa shape index (κ1) is 12.2. The molecule has 0 amide bonds. The van der Waals surface area contributed by atoms with Gasteiger partial charge < -0.3 is 10.5 Å². The van der Waals surface area contributed by atoms with Gasteiger partial charge >= 0.3 is 14.4 Å². The second kappa shape index (κ2) is 5.35. The van der Waals surface area contributed by atoms with Gasteiger partial charge in [0.15, 0.2) is 0 Å². The lowest BCUT2D eigenvalue weighted by Crippen LogP contribution is -2.27. The lowest BCUT2D eigenvalue weighted by Gasteiger charge is -2.14. The van der Waals surface area contributed by atoms with Gasteiger partial charge in [-0.2, -0.15) is 4.98 Å². The van der Waals surface area contributed by atoms with Crippen LogP contribution in [0.1, 0.15) is 19.1 Å². The largest absolute Gasteiger partial charge is 0.383 e. The number of rotatable bonds is 4. The molecule has 7 nitrogen and oxygen atoms in total. The summed E-state index contributed by atoms with van der Waals surface area (Å²) in [5.74, 6) is 0.189. The molecule has 1 aromatic heterocycles. The summed E-state index contributed by atoms with van der Waals surface area (Å²) in [4.78, 5) is 15.2. The van der Waals surface area contributed by atoms with Crippen molar-refractivity contribution >= 4 is 14.5 Å². The summed E-state index contributed by atoms with van der Waals surface area (Å²) in [5, 5.41) is 0. The molecule has 2 heterocycles. The number of nitrogens with two attached hydrogens (primary N) is 1. The van der Waals surface area contributed by atoms with Gasteiger partial charge in [0, 0.05) is 6.20 Å². The van der Waals surface area contributed by atoms with Crippen molar-refractivity contribution in [2.45, 2.75) is 25.2 Å². The Balaban J connectivity index is 2.04. The summed E-state index contributed by atoms with van der Waals surface area (Å²) in [6.45, 7) is 0.249. The predicted octanol–water partition coefficient (Wildman–Crippen LogP) is 0.726. The first-order valence-corrected chi connectivity index (χ1v) is 5.88. The van der Waals surface area contributed by atoms with E-state index in [1.54, 1.807) is 12.3 Å². The normalized spacial score (nSPS) is 24.2. The van der Waals surface area contributed by atoms with Gasteiger partial charge in [-0.05, 0) is 18.9 Å². The van der Waals surface area contributed by atoms with Crippen molar-refractivity contribution in [3.63, 3.8) is 0 Å². The van der Waals surface area contributed by atoms with Crippen LogP contribution in [0.2, 0.25) is 0 Å². The fourth-order valence-electron chi connectivity index (χ4n) is 1.77. The van der Waals surface area contributed by atoms with Crippen molar-refractivity contribution in [1.82, 2.24) is 9.55 Å². The average molecular weight is 257 g/mol. The number of aromatic nitrogens is 2. The molecule has 0 unspecified atom stereocenters. The van der Waals surface area contributed by atoms with Crippen LogP contribution in [-0.2, 0) is 13.8 Å². The number of nitrogen functional groups attached to an aromatic ring is 1. The van der Waals surface area contributed by atoms with E-state index in [-0.39, 0.29) is 33.4 Å². The Morgan fingerprint density at radius 1 is 1.65 bits per heavy atom. The van der Waals surface area contributed by atoms with Crippen molar-refractivity contribution in [3.8, 4) is 0 Å². The molecule has 2 rings (SSSR count). The molecule has 1 aromatic rings. The van der Waals surface area contributed by atoms with Crippen molar-refractivity contribution in [3.05, 3.63) is 22.7 Å². The standard InChI is InChI=1S/C9H12N3O4P/c10-7-3-4-12(9(13)11-7)8-2-1-6(16-8)5-15-17-14/h3-4,6,8H,1-2,5H2,(H2,10,11,13)/t6-,8+/m0/s1. The zero-order chi connectivity index (χ0) is 12.3. The SMILES string of the molecule is Nc1ccn([C@H]2CC[C@@H](COP=O)O2)c(=O)n1.